The molecule has 1 aromatic heterocycles. The van der Waals surface area contributed by atoms with Crippen molar-refractivity contribution in [3.8, 4) is 0 Å². The van der Waals surface area contributed by atoms with Crippen LogP contribution in [-0.4, -0.2) is 39.6 Å². The quantitative estimate of drug-likeness (QED) is 0.899. The predicted molar refractivity (Wildman–Crippen MR) is 85.5 cm³/mol. The molecule has 2 heterocycles. The Kier molecular flexibility index (Phi) is 5.37. The SMILES string of the molecule is COCc1nc([C@@H]2CCCCN2C(=O)Cc2cccc(F)c2F)n[nH]1. The van der Waals surface area contributed by atoms with Crippen molar-refractivity contribution in [1.29, 1.82) is 0 Å². The van der Waals surface area contributed by atoms with Crippen LogP contribution in [0, 0.1) is 11.6 Å². The molecule has 3 rings (SSSR count). The summed E-state index contributed by atoms with van der Waals surface area (Å²) in [5.74, 6) is -1.05. The number of hydrogen-bond acceptors (Lipinski definition) is 4. The lowest BCUT2D eigenvalue weighted by atomic mass is 10.00. The molecule has 1 aliphatic rings. The number of halogens is 2. The van der Waals surface area contributed by atoms with Gasteiger partial charge in [0.2, 0.25) is 5.91 Å². The van der Waals surface area contributed by atoms with Crippen molar-refractivity contribution in [2.75, 3.05) is 13.7 Å². The third-order valence-corrected chi connectivity index (χ3v) is 4.32. The minimum Gasteiger partial charge on any atom is -0.377 e. The maximum absolute atomic E-state index is 13.8. The second kappa shape index (κ2) is 7.69. The minimum absolute atomic E-state index is 0.0596. The Balaban J connectivity index is 1.77. The number of carbonyl (C=O) groups excluding carboxylic acids is 1. The molecule has 1 atom stereocenters. The molecule has 0 unspecified atom stereocenters. The van der Waals surface area contributed by atoms with Crippen LogP contribution in [0.2, 0.25) is 0 Å². The first-order valence-corrected chi connectivity index (χ1v) is 8.22. The first-order valence-electron chi connectivity index (χ1n) is 8.22. The Bertz CT molecular complexity index is 750. The summed E-state index contributed by atoms with van der Waals surface area (Å²) < 4.78 is 32.2. The van der Waals surface area contributed by atoms with Crippen LogP contribution >= 0.6 is 0 Å². The summed E-state index contributed by atoms with van der Waals surface area (Å²) in [4.78, 5) is 18.7. The minimum atomic E-state index is -0.968. The average Bonchev–Trinajstić information content (AvgIpc) is 3.08. The highest BCUT2D eigenvalue weighted by atomic mass is 19.2. The number of methoxy groups -OCH3 is 1. The molecule has 1 amide bonds. The molecule has 25 heavy (non-hydrogen) atoms. The Morgan fingerprint density at radius 3 is 3.04 bits per heavy atom. The van der Waals surface area contributed by atoms with Gasteiger partial charge in [0.15, 0.2) is 23.3 Å². The van der Waals surface area contributed by atoms with Crippen LogP contribution in [-0.2, 0) is 22.6 Å². The Labute approximate surface area is 144 Å². The summed E-state index contributed by atoms with van der Waals surface area (Å²) in [6.45, 7) is 0.858. The molecule has 1 aromatic carbocycles. The van der Waals surface area contributed by atoms with Crippen molar-refractivity contribution in [2.45, 2.75) is 38.3 Å². The van der Waals surface area contributed by atoms with E-state index in [-0.39, 0.29) is 23.9 Å². The molecular weight excluding hydrogens is 330 g/mol. The topological polar surface area (TPSA) is 71.1 Å². The van der Waals surface area contributed by atoms with Crippen LogP contribution in [0.5, 0.6) is 0 Å². The highest BCUT2D eigenvalue weighted by molar-refractivity contribution is 5.79. The molecule has 1 N–H and O–H groups in total. The summed E-state index contributed by atoms with van der Waals surface area (Å²) >= 11 is 0. The van der Waals surface area contributed by atoms with Gasteiger partial charge in [0.1, 0.15) is 6.61 Å². The van der Waals surface area contributed by atoms with Gasteiger partial charge in [0.05, 0.1) is 12.5 Å². The van der Waals surface area contributed by atoms with Crippen molar-refractivity contribution in [3.05, 3.63) is 47.0 Å². The maximum Gasteiger partial charge on any atom is 0.227 e. The normalized spacial score (nSPS) is 17.7. The van der Waals surface area contributed by atoms with Gasteiger partial charge in [-0.1, -0.05) is 12.1 Å². The first kappa shape index (κ1) is 17.5. The Morgan fingerprint density at radius 1 is 1.40 bits per heavy atom. The standard InChI is InChI=1S/C17H20F2N4O2/c1-25-10-14-20-17(22-21-14)13-7-2-3-8-23(13)15(24)9-11-5-4-6-12(18)16(11)19/h4-6,13H,2-3,7-10H2,1H3,(H,20,21,22)/t13-/m0/s1. The highest BCUT2D eigenvalue weighted by Gasteiger charge is 2.31. The van der Waals surface area contributed by atoms with Crippen molar-refractivity contribution in [3.63, 3.8) is 0 Å². The second-order valence-corrected chi connectivity index (χ2v) is 6.06. The molecule has 0 radical (unpaired) electrons. The van der Waals surface area contributed by atoms with Crippen LogP contribution in [0.25, 0.3) is 0 Å². The van der Waals surface area contributed by atoms with Gasteiger partial charge >= 0.3 is 0 Å². The molecule has 1 saturated heterocycles. The van der Waals surface area contributed by atoms with E-state index in [2.05, 4.69) is 15.2 Å². The molecule has 8 heteroatoms. The third kappa shape index (κ3) is 3.84. The lowest BCUT2D eigenvalue weighted by Gasteiger charge is -2.34. The summed E-state index contributed by atoms with van der Waals surface area (Å²) in [7, 11) is 1.56. The zero-order valence-corrected chi connectivity index (χ0v) is 14.0. The van der Waals surface area contributed by atoms with E-state index >= 15 is 0 Å². The highest BCUT2D eigenvalue weighted by Crippen LogP contribution is 2.29. The number of nitrogens with zero attached hydrogens (tertiary/aromatic N) is 3. The van der Waals surface area contributed by atoms with E-state index in [1.165, 1.54) is 12.1 Å². The molecule has 0 aliphatic carbocycles. The number of piperidine rings is 1. The van der Waals surface area contributed by atoms with Crippen molar-refractivity contribution < 1.29 is 18.3 Å². The van der Waals surface area contributed by atoms with Crippen LogP contribution in [0.3, 0.4) is 0 Å². The Hall–Kier alpha value is -2.35. The van der Waals surface area contributed by atoms with Gasteiger partial charge in [-0.3, -0.25) is 9.89 Å². The number of benzene rings is 1. The molecule has 1 aliphatic heterocycles. The monoisotopic (exact) mass is 350 g/mol. The number of amides is 1. The van der Waals surface area contributed by atoms with Crippen LogP contribution in [0.4, 0.5) is 8.78 Å². The fourth-order valence-corrected chi connectivity index (χ4v) is 3.11. The molecule has 0 spiro atoms. The number of carbonyl (C=O) groups is 1. The summed E-state index contributed by atoms with van der Waals surface area (Å²) in [5.41, 5.74) is 0.0596. The van der Waals surface area contributed by atoms with E-state index in [0.717, 1.165) is 25.3 Å². The lowest BCUT2D eigenvalue weighted by molar-refractivity contribution is -0.134. The summed E-state index contributed by atoms with van der Waals surface area (Å²) in [5, 5.41) is 6.98. The number of nitrogens with one attached hydrogen (secondary N) is 1. The van der Waals surface area contributed by atoms with Gasteiger partial charge in [-0.25, -0.2) is 13.8 Å². The first-order chi connectivity index (χ1) is 12.1. The van der Waals surface area contributed by atoms with E-state index in [0.29, 0.717) is 24.8 Å². The Morgan fingerprint density at radius 2 is 2.24 bits per heavy atom. The molecule has 134 valence electrons. The third-order valence-electron chi connectivity index (χ3n) is 4.32. The maximum atomic E-state index is 13.8. The number of aromatic nitrogens is 3. The van der Waals surface area contributed by atoms with Gasteiger partial charge in [0, 0.05) is 19.2 Å². The van der Waals surface area contributed by atoms with Crippen LogP contribution < -0.4 is 0 Å². The fourth-order valence-electron chi connectivity index (χ4n) is 3.11. The molecule has 0 saturated carbocycles. The number of H-pyrrole nitrogens is 1. The molecule has 2 aromatic rings. The van der Waals surface area contributed by atoms with Crippen molar-refractivity contribution >= 4 is 5.91 Å². The number of hydrogen-bond donors (Lipinski definition) is 1. The number of aromatic amines is 1. The van der Waals surface area contributed by atoms with Gasteiger partial charge in [-0.2, -0.15) is 5.10 Å². The van der Waals surface area contributed by atoms with E-state index in [9.17, 15) is 13.6 Å². The fraction of sp³-hybridized carbons (Fsp3) is 0.471. The zero-order chi connectivity index (χ0) is 17.8. The van der Waals surface area contributed by atoms with Gasteiger partial charge < -0.3 is 9.64 Å². The van der Waals surface area contributed by atoms with Crippen LogP contribution in [0.15, 0.2) is 18.2 Å². The number of rotatable bonds is 5. The largest absolute Gasteiger partial charge is 0.377 e. The molecular formula is C17H20F2N4O2. The van der Waals surface area contributed by atoms with Crippen molar-refractivity contribution in [2.24, 2.45) is 0 Å². The average molecular weight is 350 g/mol. The molecule has 1 fully saturated rings. The number of ether oxygens (including phenoxy) is 1. The van der Waals surface area contributed by atoms with Gasteiger partial charge in [-0.05, 0) is 25.3 Å². The lowest BCUT2D eigenvalue weighted by Crippen LogP contribution is -2.40. The summed E-state index contributed by atoms with van der Waals surface area (Å²) in [6, 6.07) is 3.61. The second-order valence-electron chi connectivity index (χ2n) is 6.06. The molecule has 0 bridgehead atoms. The number of likely N-dealkylation sites (tertiary alicyclic amines) is 1. The van der Waals surface area contributed by atoms with Crippen LogP contribution in [0.1, 0.15) is 42.5 Å². The van der Waals surface area contributed by atoms with E-state index < -0.39 is 11.6 Å². The van der Waals surface area contributed by atoms with E-state index in [4.69, 9.17) is 4.74 Å². The molecule has 6 nitrogen and oxygen atoms in total. The van der Waals surface area contributed by atoms with E-state index in [1.807, 2.05) is 0 Å². The summed E-state index contributed by atoms with van der Waals surface area (Å²) in [6.07, 6.45) is 2.37. The van der Waals surface area contributed by atoms with Gasteiger partial charge in [0.25, 0.3) is 0 Å². The van der Waals surface area contributed by atoms with E-state index in [1.54, 1.807) is 12.0 Å². The zero-order valence-electron chi connectivity index (χ0n) is 14.0. The van der Waals surface area contributed by atoms with Gasteiger partial charge in [-0.15, -0.1) is 0 Å². The predicted octanol–water partition coefficient (Wildman–Crippen LogP) is 2.53. The van der Waals surface area contributed by atoms with Crippen molar-refractivity contribution in [1.82, 2.24) is 20.1 Å². The smallest absolute Gasteiger partial charge is 0.227 e.